The van der Waals surface area contributed by atoms with E-state index in [2.05, 4.69) is 4.98 Å². The summed E-state index contributed by atoms with van der Waals surface area (Å²) in [6, 6.07) is 6.10. The van der Waals surface area contributed by atoms with Crippen molar-refractivity contribution in [1.82, 2.24) is 19.2 Å². The van der Waals surface area contributed by atoms with Crippen LogP contribution >= 0.6 is 0 Å². The summed E-state index contributed by atoms with van der Waals surface area (Å²) in [4.78, 5) is 32.3. The van der Waals surface area contributed by atoms with E-state index in [4.69, 9.17) is 4.74 Å². The molecule has 4 heterocycles. The summed E-state index contributed by atoms with van der Waals surface area (Å²) in [6.45, 7) is 3.89. The van der Waals surface area contributed by atoms with E-state index in [-0.39, 0.29) is 43.1 Å². The van der Waals surface area contributed by atoms with E-state index < -0.39 is 23.8 Å². The fourth-order valence-corrected chi connectivity index (χ4v) is 4.96. The van der Waals surface area contributed by atoms with Crippen molar-refractivity contribution in [2.24, 2.45) is 0 Å². The minimum Gasteiger partial charge on any atom is -0.465 e. The third kappa shape index (κ3) is 4.81. The average molecular weight is 512 g/mol. The minimum atomic E-state index is -1.04. The zero-order chi connectivity index (χ0) is 26.3. The number of piperazine rings is 1. The number of benzene rings is 1. The molecular formula is C26H27F2N5O4. The predicted molar refractivity (Wildman–Crippen MR) is 132 cm³/mol. The van der Waals surface area contributed by atoms with Gasteiger partial charge in [0.2, 0.25) is 0 Å². The molecule has 1 N–H and O–H groups in total. The number of hydrogen-bond donors (Lipinski definition) is 1. The number of aryl methyl sites for hydroxylation is 1. The monoisotopic (exact) mass is 511 g/mol. The molecule has 3 aromatic rings. The van der Waals surface area contributed by atoms with Crippen molar-refractivity contribution in [3.8, 4) is 11.3 Å². The summed E-state index contributed by atoms with van der Waals surface area (Å²) in [5, 5.41) is 9.40. The van der Waals surface area contributed by atoms with E-state index in [9.17, 15) is 14.7 Å². The second kappa shape index (κ2) is 9.93. The molecule has 0 radical (unpaired) electrons. The van der Waals surface area contributed by atoms with Gasteiger partial charge < -0.3 is 24.0 Å². The van der Waals surface area contributed by atoms with Gasteiger partial charge in [0.1, 0.15) is 28.9 Å². The van der Waals surface area contributed by atoms with E-state index in [1.807, 2.05) is 36.9 Å². The van der Waals surface area contributed by atoms with E-state index in [0.717, 1.165) is 5.56 Å². The summed E-state index contributed by atoms with van der Waals surface area (Å²) in [5.74, 6) is 0.272. The smallest absolute Gasteiger partial charge is 0.407 e. The fourth-order valence-electron chi connectivity index (χ4n) is 4.96. The van der Waals surface area contributed by atoms with Crippen LogP contribution in [0.25, 0.3) is 16.9 Å². The molecule has 9 nitrogen and oxygen atoms in total. The Morgan fingerprint density at radius 3 is 2.68 bits per heavy atom. The number of carbonyl (C=O) groups is 1. The molecule has 1 aromatic carbocycles. The van der Waals surface area contributed by atoms with Gasteiger partial charge in [0.05, 0.1) is 36.2 Å². The highest BCUT2D eigenvalue weighted by molar-refractivity contribution is 5.73. The topological polar surface area (TPSA) is 90.6 Å². The number of ether oxygens (including phenoxy) is 1. The number of amides is 1. The molecule has 2 aliphatic heterocycles. The number of nitrogens with zero attached hydrogens (tertiary/aromatic N) is 5. The molecular weight excluding hydrogens is 484 g/mol. The zero-order valence-electron chi connectivity index (χ0n) is 20.6. The number of carbonyl (C=O) groups excluding carboxylic acids is 1. The van der Waals surface area contributed by atoms with Gasteiger partial charge in [0, 0.05) is 44.5 Å². The number of halogens is 2. The molecule has 5 rings (SSSR count). The van der Waals surface area contributed by atoms with E-state index in [1.54, 1.807) is 15.5 Å². The van der Waals surface area contributed by atoms with Gasteiger partial charge in [0.25, 0.3) is 0 Å². The van der Waals surface area contributed by atoms with Gasteiger partial charge in [-0.1, -0.05) is 0 Å². The molecule has 2 fully saturated rings. The van der Waals surface area contributed by atoms with Crippen LogP contribution in [0.4, 0.5) is 19.3 Å². The number of rotatable bonds is 4. The molecule has 1 atom stereocenters. The molecule has 1 amide bonds. The first-order valence-electron chi connectivity index (χ1n) is 12.0. The van der Waals surface area contributed by atoms with Gasteiger partial charge in [0.15, 0.2) is 0 Å². The van der Waals surface area contributed by atoms with Crippen LogP contribution in [-0.2, 0) is 16.0 Å². The van der Waals surface area contributed by atoms with Crippen molar-refractivity contribution in [1.29, 1.82) is 0 Å². The number of morpholine rings is 1. The number of likely N-dealkylation sites (N-methyl/N-ethyl adjacent to an activating group) is 1. The number of carboxylic acid groups (broad SMARTS) is 1. The molecule has 2 saturated heterocycles. The standard InChI is InChI=1S/C26H27F2N5O4/c1-16-3-4-33-22(12-19-14-31(26(35)36)7-8-37-19)25(29-23(33)9-16)24-20(27)10-17(11-21(24)28)32-6-5-30(2)13-18(32)15-34/h3-4,9-11,19H,5-8,12-14H2,1-2H3,(H,35,36)/t19-/m0/s1. The third-order valence-electron chi connectivity index (χ3n) is 6.85. The molecule has 37 heavy (non-hydrogen) atoms. The van der Waals surface area contributed by atoms with Gasteiger partial charge in [-0.2, -0.15) is 0 Å². The summed E-state index contributed by atoms with van der Waals surface area (Å²) in [5.41, 5.74) is 2.36. The van der Waals surface area contributed by atoms with Gasteiger partial charge in [-0.25, -0.2) is 23.4 Å². The Balaban J connectivity index is 1.57. The zero-order valence-corrected chi connectivity index (χ0v) is 20.6. The molecule has 0 aliphatic carbocycles. The fraction of sp³-hybridized carbons (Fsp3) is 0.385. The number of aromatic nitrogens is 2. The van der Waals surface area contributed by atoms with Crippen molar-refractivity contribution in [3.63, 3.8) is 0 Å². The Labute approximate surface area is 212 Å². The van der Waals surface area contributed by atoms with Crippen LogP contribution in [0.2, 0.25) is 0 Å². The number of fused-ring (bicyclic) bond motifs is 1. The van der Waals surface area contributed by atoms with Crippen LogP contribution in [0.1, 0.15) is 11.3 Å². The lowest BCUT2D eigenvalue weighted by Crippen LogP contribution is -2.45. The Kier molecular flexibility index (Phi) is 6.68. The minimum absolute atomic E-state index is 0.132. The largest absolute Gasteiger partial charge is 0.465 e. The second-order valence-corrected chi connectivity index (χ2v) is 9.49. The van der Waals surface area contributed by atoms with Crippen LogP contribution in [0.15, 0.2) is 36.2 Å². The molecule has 2 aliphatic rings. The first-order chi connectivity index (χ1) is 17.7. The van der Waals surface area contributed by atoms with Crippen LogP contribution in [0, 0.1) is 18.6 Å². The Hall–Kier alpha value is -3.79. The van der Waals surface area contributed by atoms with Gasteiger partial charge in [-0.15, -0.1) is 0 Å². The van der Waals surface area contributed by atoms with Crippen molar-refractivity contribution in [3.05, 3.63) is 59.1 Å². The van der Waals surface area contributed by atoms with Crippen LogP contribution in [-0.4, -0.2) is 88.8 Å². The van der Waals surface area contributed by atoms with Crippen molar-refractivity contribution >= 4 is 23.4 Å². The highest BCUT2D eigenvalue weighted by atomic mass is 19.1. The normalized spacial score (nSPS) is 18.9. The average Bonchev–Trinajstić information content (AvgIpc) is 3.20. The van der Waals surface area contributed by atoms with Crippen LogP contribution in [0.5, 0.6) is 0 Å². The predicted octanol–water partition coefficient (Wildman–Crippen LogP) is 2.98. The molecule has 11 heteroatoms. The summed E-state index contributed by atoms with van der Waals surface area (Å²) in [7, 11) is 1.86. The quantitative estimate of drug-likeness (QED) is 0.539. The number of pyridine rings is 1. The lowest BCUT2D eigenvalue weighted by atomic mass is 10.0. The number of anilines is 1. The number of imidazole rings is 1. The van der Waals surface area contributed by atoms with Crippen molar-refractivity contribution in [2.45, 2.75) is 19.4 Å². The maximum atomic E-state index is 15.6. The van der Waals surface area contributed by atoms with E-state index in [1.165, 1.54) is 17.0 Å². The van der Waals surface area contributed by atoms with Crippen molar-refractivity contribution < 1.29 is 28.2 Å². The lowest BCUT2D eigenvalue weighted by Gasteiger charge is -2.34. The SMILES string of the molecule is Cc1ccn2c(C[C@H]3CN(C(=O)O)CCO3)c(-c3c(F)cc(N4CCN(C)CC4=C=O)cc3F)nc2c1. The van der Waals surface area contributed by atoms with E-state index >= 15 is 8.78 Å². The summed E-state index contributed by atoms with van der Waals surface area (Å²) in [6.07, 6.45) is 0.452. The maximum absolute atomic E-state index is 15.6. The number of hydrogen-bond acceptors (Lipinski definition) is 6. The molecule has 0 bridgehead atoms. The highest BCUT2D eigenvalue weighted by Gasteiger charge is 2.29. The summed E-state index contributed by atoms with van der Waals surface area (Å²) < 4.78 is 38.8. The molecule has 194 valence electrons. The first kappa shape index (κ1) is 24.9. The van der Waals surface area contributed by atoms with Crippen molar-refractivity contribution in [2.75, 3.05) is 51.3 Å². The Bertz CT molecular complexity index is 1390. The maximum Gasteiger partial charge on any atom is 0.407 e. The van der Waals surface area contributed by atoms with Gasteiger partial charge in [-0.3, -0.25) is 4.90 Å². The van der Waals surface area contributed by atoms with Gasteiger partial charge >= 0.3 is 6.09 Å². The van der Waals surface area contributed by atoms with Gasteiger partial charge in [-0.05, 0) is 43.8 Å². The van der Waals surface area contributed by atoms with Crippen LogP contribution < -0.4 is 4.90 Å². The van der Waals surface area contributed by atoms with E-state index in [0.29, 0.717) is 36.7 Å². The Morgan fingerprint density at radius 2 is 1.97 bits per heavy atom. The summed E-state index contributed by atoms with van der Waals surface area (Å²) >= 11 is 0. The lowest BCUT2D eigenvalue weighted by molar-refractivity contribution is -0.0214. The molecule has 0 unspecified atom stereocenters. The second-order valence-electron chi connectivity index (χ2n) is 9.49. The third-order valence-corrected chi connectivity index (χ3v) is 6.85. The first-order valence-corrected chi connectivity index (χ1v) is 12.0. The Morgan fingerprint density at radius 1 is 1.22 bits per heavy atom. The molecule has 0 saturated carbocycles. The molecule has 0 spiro atoms. The van der Waals surface area contributed by atoms with Crippen LogP contribution in [0.3, 0.4) is 0 Å². The highest BCUT2D eigenvalue weighted by Crippen LogP contribution is 2.35. The molecule has 2 aromatic heterocycles.